The maximum atomic E-state index is 12.2. The Morgan fingerprint density at radius 1 is 1.28 bits per heavy atom. The average Bonchev–Trinajstić information content (AvgIpc) is 3.00. The van der Waals surface area contributed by atoms with Crippen molar-refractivity contribution in [1.29, 1.82) is 5.26 Å². The first-order valence-corrected chi connectivity index (χ1v) is 8.59. The van der Waals surface area contributed by atoms with E-state index in [-0.39, 0.29) is 11.8 Å². The zero-order valence-corrected chi connectivity index (χ0v) is 14.4. The van der Waals surface area contributed by atoms with Crippen molar-refractivity contribution >= 4 is 11.7 Å². The number of hydrogen-bond acceptors (Lipinski definition) is 4. The highest BCUT2D eigenvalue weighted by atomic mass is 16.2. The van der Waals surface area contributed by atoms with Gasteiger partial charge >= 0.3 is 0 Å². The monoisotopic (exact) mass is 334 g/mol. The van der Waals surface area contributed by atoms with E-state index < -0.39 is 0 Å². The third-order valence-corrected chi connectivity index (χ3v) is 4.58. The fourth-order valence-corrected chi connectivity index (χ4v) is 3.10. The summed E-state index contributed by atoms with van der Waals surface area (Å²) >= 11 is 0. The van der Waals surface area contributed by atoms with Crippen LogP contribution in [0.4, 0.5) is 5.82 Å². The number of hydrogen-bond donors (Lipinski definition) is 1. The summed E-state index contributed by atoms with van der Waals surface area (Å²) in [5.74, 6) is 1.19. The summed E-state index contributed by atoms with van der Waals surface area (Å²) in [7, 11) is 0. The Kier molecular flexibility index (Phi) is 5.30. The third kappa shape index (κ3) is 4.36. The molecule has 0 bridgehead atoms. The second-order valence-corrected chi connectivity index (χ2v) is 6.50. The van der Waals surface area contributed by atoms with Gasteiger partial charge in [0.15, 0.2) is 0 Å². The van der Waals surface area contributed by atoms with Crippen LogP contribution in [-0.2, 0) is 11.2 Å². The van der Waals surface area contributed by atoms with Crippen molar-refractivity contribution in [2.75, 3.05) is 25.0 Å². The summed E-state index contributed by atoms with van der Waals surface area (Å²) in [6.07, 6.45) is 1.45. The summed E-state index contributed by atoms with van der Waals surface area (Å²) in [5, 5.41) is 12.3. The van der Waals surface area contributed by atoms with E-state index >= 15 is 0 Å². The highest BCUT2D eigenvalue weighted by Gasteiger charge is 2.28. The number of carbonyl (C=O) groups excluding carboxylic acids is 1. The largest absolute Gasteiger partial charge is 0.370 e. The van der Waals surface area contributed by atoms with Gasteiger partial charge in [0.1, 0.15) is 17.6 Å². The molecule has 1 aromatic carbocycles. The summed E-state index contributed by atoms with van der Waals surface area (Å²) in [5.41, 5.74) is 2.57. The molecule has 0 aliphatic carbocycles. The summed E-state index contributed by atoms with van der Waals surface area (Å²) in [6.45, 7) is 4.10. The number of likely N-dealkylation sites (tertiary alicyclic amines) is 1. The van der Waals surface area contributed by atoms with Crippen LogP contribution in [0.2, 0.25) is 0 Å². The number of nitriles is 1. The Morgan fingerprint density at radius 3 is 2.84 bits per heavy atom. The smallest absolute Gasteiger partial charge is 0.223 e. The molecule has 1 atom stereocenters. The molecule has 128 valence electrons. The van der Waals surface area contributed by atoms with Crippen LogP contribution in [0, 0.1) is 24.2 Å². The van der Waals surface area contributed by atoms with Gasteiger partial charge in [-0.25, -0.2) is 4.98 Å². The minimum atomic E-state index is 0.220. The molecule has 5 heteroatoms. The highest BCUT2D eigenvalue weighted by molar-refractivity contribution is 5.78. The normalized spacial score (nSPS) is 16.7. The van der Waals surface area contributed by atoms with Gasteiger partial charge in [0, 0.05) is 32.0 Å². The highest BCUT2D eigenvalue weighted by Crippen LogP contribution is 2.19. The lowest BCUT2D eigenvalue weighted by atomic mass is 10.1. The van der Waals surface area contributed by atoms with Crippen molar-refractivity contribution in [2.24, 2.45) is 5.92 Å². The van der Waals surface area contributed by atoms with Gasteiger partial charge in [0.05, 0.1) is 0 Å². The van der Waals surface area contributed by atoms with Gasteiger partial charge in [-0.05, 0) is 30.5 Å². The molecule has 0 spiro atoms. The van der Waals surface area contributed by atoms with E-state index in [0.29, 0.717) is 24.5 Å². The Bertz CT molecular complexity index is 782. The number of aryl methyl sites for hydroxylation is 1. The Labute approximate surface area is 148 Å². The SMILES string of the molecule is Cc1ccc(NCC2CC(=O)N(CCc3ccccc3)C2)nc1C#N. The second kappa shape index (κ2) is 7.80. The molecule has 0 radical (unpaired) electrons. The number of amides is 1. The minimum absolute atomic E-state index is 0.220. The van der Waals surface area contributed by atoms with Gasteiger partial charge in [-0.3, -0.25) is 4.79 Å². The molecule has 0 saturated carbocycles. The average molecular weight is 334 g/mol. The zero-order chi connectivity index (χ0) is 17.6. The molecule has 1 saturated heterocycles. The van der Waals surface area contributed by atoms with Crippen LogP contribution in [0.1, 0.15) is 23.2 Å². The molecular formula is C20H22N4O. The van der Waals surface area contributed by atoms with E-state index in [1.165, 1.54) is 5.56 Å². The number of anilines is 1. The van der Waals surface area contributed by atoms with Crippen LogP contribution in [0.5, 0.6) is 0 Å². The van der Waals surface area contributed by atoms with Crippen LogP contribution in [0.3, 0.4) is 0 Å². The summed E-state index contributed by atoms with van der Waals surface area (Å²) < 4.78 is 0. The summed E-state index contributed by atoms with van der Waals surface area (Å²) in [4.78, 5) is 18.4. The van der Waals surface area contributed by atoms with E-state index in [4.69, 9.17) is 5.26 Å². The Morgan fingerprint density at radius 2 is 2.08 bits per heavy atom. The van der Waals surface area contributed by atoms with Crippen LogP contribution >= 0.6 is 0 Å². The van der Waals surface area contributed by atoms with Crippen LogP contribution in [0.25, 0.3) is 0 Å². The molecule has 1 aromatic heterocycles. The molecule has 1 N–H and O–H groups in total. The van der Waals surface area contributed by atoms with E-state index in [9.17, 15) is 4.79 Å². The van der Waals surface area contributed by atoms with E-state index in [0.717, 1.165) is 25.1 Å². The molecule has 3 rings (SSSR count). The van der Waals surface area contributed by atoms with Crippen molar-refractivity contribution in [3.05, 3.63) is 59.3 Å². The van der Waals surface area contributed by atoms with E-state index in [1.807, 2.05) is 42.2 Å². The molecule has 2 heterocycles. The quantitative estimate of drug-likeness (QED) is 0.882. The molecule has 1 unspecified atom stereocenters. The zero-order valence-electron chi connectivity index (χ0n) is 14.4. The molecule has 5 nitrogen and oxygen atoms in total. The number of nitrogens with zero attached hydrogens (tertiary/aromatic N) is 3. The number of carbonyl (C=O) groups is 1. The number of nitrogens with one attached hydrogen (secondary N) is 1. The van der Waals surface area contributed by atoms with Crippen molar-refractivity contribution in [3.63, 3.8) is 0 Å². The van der Waals surface area contributed by atoms with E-state index in [1.54, 1.807) is 0 Å². The molecule has 25 heavy (non-hydrogen) atoms. The van der Waals surface area contributed by atoms with Crippen LogP contribution in [-0.4, -0.2) is 35.4 Å². The molecule has 2 aromatic rings. The minimum Gasteiger partial charge on any atom is -0.370 e. The molecule has 1 aliphatic heterocycles. The fraction of sp³-hybridized carbons (Fsp3) is 0.350. The van der Waals surface area contributed by atoms with Gasteiger partial charge in [0.2, 0.25) is 5.91 Å². The lowest BCUT2D eigenvalue weighted by Crippen LogP contribution is -2.28. The molecule has 1 fully saturated rings. The van der Waals surface area contributed by atoms with Gasteiger partial charge in [-0.2, -0.15) is 5.26 Å². The predicted molar refractivity (Wildman–Crippen MR) is 97.0 cm³/mol. The molecule has 1 amide bonds. The lowest BCUT2D eigenvalue weighted by Gasteiger charge is -2.17. The Balaban J connectivity index is 1.50. The lowest BCUT2D eigenvalue weighted by molar-refractivity contribution is -0.127. The van der Waals surface area contributed by atoms with E-state index in [2.05, 4.69) is 28.5 Å². The van der Waals surface area contributed by atoms with Crippen molar-refractivity contribution in [2.45, 2.75) is 19.8 Å². The number of pyridine rings is 1. The number of aromatic nitrogens is 1. The molecular weight excluding hydrogens is 312 g/mol. The van der Waals surface area contributed by atoms with Crippen LogP contribution < -0.4 is 5.32 Å². The first-order chi connectivity index (χ1) is 12.2. The predicted octanol–water partition coefficient (Wildman–Crippen LogP) is 2.76. The van der Waals surface area contributed by atoms with Crippen molar-refractivity contribution < 1.29 is 4.79 Å². The van der Waals surface area contributed by atoms with Gasteiger partial charge < -0.3 is 10.2 Å². The molecule has 1 aliphatic rings. The third-order valence-electron chi connectivity index (χ3n) is 4.58. The van der Waals surface area contributed by atoms with Crippen LogP contribution in [0.15, 0.2) is 42.5 Å². The fourth-order valence-electron chi connectivity index (χ4n) is 3.10. The maximum absolute atomic E-state index is 12.2. The van der Waals surface area contributed by atoms with Gasteiger partial charge in [-0.1, -0.05) is 36.4 Å². The van der Waals surface area contributed by atoms with Gasteiger partial charge in [-0.15, -0.1) is 0 Å². The second-order valence-electron chi connectivity index (χ2n) is 6.50. The standard InChI is InChI=1S/C20H22N4O/c1-15-7-8-19(23-18(15)12-21)22-13-17-11-20(25)24(14-17)10-9-16-5-3-2-4-6-16/h2-8,17H,9-11,13-14H2,1H3,(H,22,23). The number of rotatable bonds is 6. The first kappa shape index (κ1) is 17.0. The Hall–Kier alpha value is -2.87. The first-order valence-electron chi connectivity index (χ1n) is 8.59. The topological polar surface area (TPSA) is 69.0 Å². The van der Waals surface area contributed by atoms with Gasteiger partial charge in [0.25, 0.3) is 0 Å². The van der Waals surface area contributed by atoms with Crippen molar-refractivity contribution in [3.8, 4) is 6.07 Å². The summed E-state index contributed by atoms with van der Waals surface area (Å²) in [6, 6.07) is 16.1. The van der Waals surface area contributed by atoms with Crippen molar-refractivity contribution in [1.82, 2.24) is 9.88 Å². The maximum Gasteiger partial charge on any atom is 0.223 e. The number of benzene rings is 1.